The third-order valence-electron chi connectivity index (χ3n) is 3.22. The Labute approximate surface area is 114 Å². The summed E-state index contributed by atoms with van der Waals surface area (Å²) in [7, 11) is 0. The van der Waals surface area contributed by atoms with Crippen molar-refractivity contribution < 1.29 is 9.90 Å². The molecule has 1 amide bonds. The summed E-state index contributed by atoms with van der Waals surface area (Å²) >= 11 is 1.14. The maximum atomic E-state index is 11.9. The topological polar surface area (TPSA) is 78.4 Å². The van der Waals surface area contributed by atoms with Crippen LogP contribution >= 0.6 is 11.7 Å². The van der Waals surface area contributed by atoms with Gasteiger partial charge in [0, 0.05) is 25.6 Å². The van der Waals surface area contributed by atoms with Crippen LogP contribution in [-0.4, -0.2) is 50.9 Å². The first-order chi connectivity index (χ1) is 9.26. The van der Waals surface area contributed by atoms with Crippen LogP contribution in [0.25, 0.3) is 11.0 Å². The lowest BCUT2D eigenvalue weighted by Crippen LogP contribution is -2.51. The standard InChI is InChI=1S/C12H14N4O2S/c17-7-8-4-16(5-8)6-11(18)13-9-2-1-3-10-12(9)15-19-14-10/h1-3,8,17H,4-7H2,(H,13,18). The first kappa shape index (κ1) is 12.5. The van der Waals surface area contributed by atoms with E-state index in [4.69, 9.17) is 5.11 Å². The predicted octanol–water partition coefficient (Wildman–Crippen LogP) is 0.554. The number of fused-ring (bicyclic) bond motifs is 1. The highest BCUT2D eigenvalue weighted by molar-refractivity contribution is 7.00. The monoisotopic (exact) mass is 278 g/mol. The summed E-state index contributed by atoms with van der Waals surface area (Å²) in [4.78, 5) is 13.9. The van der Waals surface area contributed by atoms with Gasteiger partial charge in [0.1, 0.15) is 11.0 Å². The van der Waals surface area contributed by atoms with Gasteiger partial charge in [-0.15, -0.1) is 0 Å². The van der Waals surface area contributed by atoms with Gasteiger partial charge < -0.3 is 10.4 Å². The molecule has 1 aliphatic heterocycles. The van der Waals surface area contributed by atoms with E-state index in [1.54, 1.807) is 0 Å². The number of benzene rings is 1. The first-order valence-electron chi connectivity index (χ1n) is 6.10. The van der Waals surface area contributed by atoms with Gasteiger partial charge in [-0.05, 0) is 12.1 Å². The molecule has 1 fully saturated rings. The van der Waals surface area contributed by atoms with E-state index in [-0.39, 0.29) is 12.5 Å². The van der Waals surface area contributed by atoms with E-state index in [9.17, 15) is 4.79 Å². The zero-order valence-corrected chi connectivity index (χ0v) is 11.1. The molecule has 0 spiro atoms. The summed E-state index contributed by atoms with van der Waals surface area (Å²) in [5, 5.41) is 11.8. The molecule has 1 aromatic heterocycles. The number of aliphatic hydroxyl groups excluding tert-OH is 1. The molecule has 0 atom stereocenters. The van der Waals surface area contributed by atoms with E-state index in [0.29, 0.717) is 18.2 Å². The van der Waals surface area contributed by atoms with Crippen molar-refractivity contribution in [3.63, 3.8) is 0 Å². The van der Waals surface area contributed by atoms with Gasteiger partial charge in [-0.3, -0.25) is 9.69 Å². The molecule has 6 nitrogen and oxygen atoms in total. The molecule has 100 valence electrons. The lowest BCUT2D eigenvalue weighted by atomic mass is 10.0. The average Bonchev–Trinajstić information content (AvgIpc) is 2.82. The fraction of sp³-hybridized carbons (Fsp3) is 0.417. The molecular weight excluding hydrogens is 264 g/mol. The van der Waals surface area contributed by atoms with Crippen LogP contribution in [0.1, 0.15) is 0 Å². The van der Waals surface area contributed by atoms with Crippen LogP contribution < -0.4 is 5.32 Å². The van der Waals surface area contributed by atoms with Crippen LogP contribution in [0.5, 0.6) is 0 Å². The molecule has 1 saturated heterocycles. The molecule has 2 heterocycles. The highest BCUT2D eigenvalue weighted by Gasteiger charge is 2.27. The van der Waals surface area contributed by atoms with Gasteiger partial charge in [0.25, 0.3) is 0 Å². The molecule has 19 heavy (non-hydrogen) atoms. The van der Waals surface area contributed by atoms with Crippen molar-refractivity contribution in [1.82, 2.24) is 13.6 Å². The van der Waals surface area contributed by atoms with Gasteiger partial charge in [0.15, 0.2) is 0 Å². The summed E-state index contributed by atoms with van der Waals surface area (Å²) in [5.41, 5.74) is 2.24. The van der Waals surface area contributed by atoms with Gasteiger partial charge in [0.2, 0.25) is 5.91 Å². The van der Waals surface area contributed by atoms with E-state index < -0.39 is 0 Å². The predicted molar refractivity (Wildman–Crippen MR) is 73.1 cm³/mol. The fourth-order valence-corrected chi connectivity index (χ4v) is 2.77. The number of rotatable bonds is 4. The van der Waals surface area contributed by atoms with E-state index in [1.165, 1.54) is 0 Å². The number of aromatic nitrogens is 2. The molecule has 0 saturated carbocycles. The van der Waals surface area contributed by atoms with Gasteiger partial charge in [-0.2, -0.15) is 8.75 Å². The number of carbonyl (C=O) groups excluding carboxylic acids is 1. The minimum absolute atomic E-state index is 0.0584. The molecule has 0 unspecified atom stereocenters. The maximum Gasteiger partial charge on any atom is 0.238 e. The van der Waals surface area contributed by atoms with Crippen molar-refractivity contribution in [2.75, 3.05) is 31.6 Å². The summed E-state index contributed by atoms with van der Waals surface area (Å²) in [6.07, 6.45) is 0. The third kappa shape index (κ3) is 2.58. The van der Waals surface area contributed by atoms with Crippen molar-refractivity contribution in [1.29, 1.82) is 0 Å². The van der Waals surface area contributed by atoms with Crippen molar-refractivity contribution in [3.8, 4) is 0 Å². The number of anilines is 1. The number of hydrogen-bond donors (Lipinski definition) is 2. The minimum atomic E-state index is -0.0584. The molecule has 7 heteroatoms. The Morgan fingerprint density at radius 1 is 1.47 bits per heavy atom. The van der Waals surface area contributed by atoms with Crippen molar-refractivity contribution in [2.45, 2.75) is 0 Å². The Morgan fingerprint density at radius 2 is 2.32 bits per heavy atom. The number of hydrogen-bond acceptors (Lipinski definition) is 6. The first-order valence-corrected chi connectivity index (χ1v) is 6.83. The van der Waals surface area contributed by atoms with Crippen LogP contribution in [0.4, 0.5) is 5.69 Å². The highest BCUT2D eigenvalue weighted by Crippen LogP contribution is 2.21. The summed E-state index contributed by atoms with van der Waals surface area (Å²) < 4.78 is 8.32. The fourth-order valence-electron chi connectivity index (χ4n) is 2.22. The van der Waals surface area contributed by atoms with Crippen LogP contribution in [0, 0.1) is 5.92 Å². The molecule has 1 aromatic carbocycles. The number of nitrogens with zero attached hydrogens (tertiary/aromatic N) is 3. The third-order valence-corrected chi connectivity index (χ3v) is 3.76. The average molecular weight is 278 g/mol. The van der Waals surface area contributed by atoms with Gasteiger partial charge in [-0.1, -0.05) is 6.07 Å². The SMILES string of the molecule is O=C(CN1CC(CO)C1)Nc1cccc2nsnc12. The Morgan fingerprint density at radius 3 is 3.11 bits per heavy atom. The molecule has 0 aliphatic carbocycles. The number of carbonyl (C=O) groups is 1. The van der Waals surface area contributed by atoms with Crippen molar-refractivity contribution >= 4 is 34.4 Å². The normalized spacial score (nSPS) is 16.5. The lowest BCUT2D eigenvalue weighted by molar-refractivity contribution is -0.119. The minimum Gasteiger partial charge on any atom is -0.396 e. The van der Waals surface area contributed by atoms with E-state index in [1.807, 2.05) is 23.1 Å². The number of nitrogens with one attached hydrogen (secondary N) is 1. The Balaban J connectivity index is 1.62. The summed E-state index contributed by atoms with van der Waals surface area (Å²) in [6.45, 7) is 2.12. The summed E-state index contributed by atoms with van der Waals surface area (Å²) in [6, 6.07) is 5.55. The Bertz CT molecular complexity index is 594. The number of aliphatic hydroxyl groups is 1. The molecule has 2 N–H and O–H groups in total. The quantitative estimate of drug-likeness (QED) is 0.854. The number of likely N-dealkylation sites (tertiary alicyclic amines) is 1. The molecule has 3 rings (SSSR count). The van der Waals surface area contributed by atoms with Crippen molar-refractivity contribution in [2.24, 2.45) is 5.92 Å². The second kappa shape index (κ2) is 5.20. The van der Waals surface area contributed by atoms with Gasteiger partial charge in [0.05, 0.1) is 24.0 Å². The van der Waals surface area contributed by atoms with Crippen LogP contribution in [-0.2, 0) is 4.79 Å². The van der Waals surface area contributed by atoms with E-state index >= 15 is 0 Å². The second-order valence-corrected chi connectivity index (χ2v) is 5.26. The molecule has 2 aromatic rings. The zero-order valence-electron chi connectivity index (χ0n) is 10.2. The molecular formula is C12H14N4O2S. The molecule has 0 bridgehead atoms. The largest absolute Gasteiger partial charge is 0.396 e. The summed E-state index contributed by atoms with van der Waals surface area (Å²) in [5.74, 6) is 0.260. The van der Waals surface area contributed by atoms with E-state index in [0.717, 1.165) is 35.9 Å². The van der Waals surface area contributed by atoms with Crippen LogP contribution in [0.2, 0.25) is 0 Å². The lowest BCUT2D eigenvalue weighted by Gasteiger charge is -2.37. The smallest absolute Gasteiger partial charge is 0.238 e. The van der Waals surface area contributed by atoms with Gasteiger partial charge in [-0.25, -0.2) is 0 Å². The molecule has 1 aliphatic rings. The van der Waals surface area contributed by atoms with Crippen molar-refractivity contribution in [3.05, 3.63) is 18.2 Å². The van der Waals surface area contributed by atoms with Gasteiger partial charge >= 0.3 is 0 Å². The van der Waals surface area contributed by atoms with E-state index in [2.05, 4.69) is 14.1 Å². The highest BCUT2D eigenvalue weighted by atomic mass is 32.1. The van der Waals surface area contributed by atoms with Crippen LogP contribution in [0.15, 0.2) is 18.2 Å². The Hall–Kier alpha value is -1.57. The zero-order chi connectivity index (χ0) is 13.2. The molecule has 0 radical (unpaired) electrons. The van der Waals surface area contributed by atoms with Crippen LogP contribution in [0.3, 0.4) is 0 Å². The maximum absolute atomic E-state index is 11.9. The number of amides is 1. The second-order valence-electron chi connectivity index (χ2n) is 4.73. The Kier molecular flexibility index (Phi) is 3.41.